The lowest BCUT2D eigenvalue weighted by Gasteiger charge is -2.33. The smallest absolute Gasteiger partial charge is 0.335 e. The molecule has 0 radical (unpaired) electrons. The molecule has 0 amide bonds. The van der Waals surface area contributed by atoms with Crippen LogP contribution in [0.25, 0.3) is 0 Å². The van der Waals surface area contributed by atoms with Crippen LogP contribution in [0, 0.1) is 0 Å². The van der Waals surface area contributed by atoms with Crippen molar-refractivity contribution in [3.05, 3.63) is 34.9 Å². The van der Waals surface area contributed by atoms with Gasteiger partial charge in [0.05, 0.1) is 18.0 Å². The minimum Gasteiger partial charge on any atom is -0.547 e. The van der Waals surface area contributed by atoms with Crippen molar-refractivity contribution >= 4 is 29.3 Å². The molecule has 1 aromatic carbocycles. The zero-order valence-electron chi connectivity index (χ0n) is 14.2. The number of ketones is 1. The van der Waals surface area contributed by atoms with E-state index in [9.17, 15) is 19.5 Å². The molecule has 0 bridgehead atoms. The van der Waals surface area contributed by atoms with Crippen molar-refractivity contribution in [2.24, 2.45) is 0 Å². The number of carbonyl (C=O) groups is 3. The number of carboxylic acids is 2. The van der Waals surface area contributed by atoms with Gasteiger partial charge >= 0.3 is 5.97 Å². The highest BCUT2D eigenvalue weighted by molar-refractivity contribution is 6.31. The van der Waals surface area contributed by atoms with E-state index in [0.717, 1.165) is 24.8 Å². The molecular formula is C17H22ClNO7. The Labute approximate surface area is 155 Å². The molecule has 9 heteroatoms. The Balaban J connectivity index is 0.000000294. The van der Waals surface area contributed by atoms with Crippen LogP contribution in [0.2, 0.25) is 5.02 Å². The summed E-state index contributed by atoms with van der Waals surface area (Å²) in [6, 6.07) is 7.70. The molecule has 1 aromatic rings. The summed E-state index contributed by atoms with van der Waals surface area (Å²) in [5.74, 6) is -3.51. The number of Topliss-reactive ketones (excluding diaryl/α,β-unsaturated/α-hetero) is 1. The average Bonchev–Trinajstić information content (AvgIpc) is 2.62. The van der Waals surface area contributed by atoms with E-state index < -0.39 is 29.7 Å². The van der Waals surface area contributed by atoms with Gasteiger partial charge in [-0.3, -0.25) is 4.79 Å². The van der Waals surface area contributed by atoms with E-state index in [4.69, 9.17) is 26.9 Å². The van der Waals surface area contributed by atoms with Gasteiger partial charge in [-0.05, 0) is 18.9 Å². The number of rotatable bonds is 5. The number of carbonyl (C=O) groups excluding carboxylic acids is 2. The number of quaternary nitrogens is 1. The molecule has 144 valence electrons. The van der Waals surface area contributed by atoms with Crippen LogP contribution < -0.4 is 10.4 Å². The number of carboxylic acid groups (broad SMARTS) is 2. The first-order chi connectivity index (χ1) is 12.2. The Morgan fingerprint density at radius 1 is 1.23 bits per heavy atom. The maximum Gasteiger partial charge on any atom is 0.335 e. The predicted molar refractivity (Wildman–Crippen MR) is 89.1 cm³/mol. The van der Waals surface area contributed by atoms with Crippen LogP contribution in [0.1, 0.15) is 31.2 Å². The Hall–Kier alpha value is -2.00. The monoisotopic (exact) mass is 387 g/mol. The largest absolute Gasteiger partial charge is 0.547 e. The molecule has 5 N–H and O–H groups in total. The van der Waals surface area contributed by atoms with E-state index in [1.54, 1.807) is 0 Å². The molecule has 0 heterocycles. The second kappa shape index (κ2) is 9.63. The number of aliphatic hydroxyl groups is 2. The van der Waals surface area contributed by atoms with E-state index >= 15 is 0 Å². The van der Waals surface area contributed by atoms with Gasteiger partial charge in [0.15, 0.2) is 17.4 Å². The van der Waals surface area contributed by atoms with Crippen molar-refractivity contribution in [3.8, 4) is 0 Å². The molecule has 0 unspecified atom stereocenters. The van der Waals surface area contributed by atoms with E-state index in [1.165, 1.54) is 0 Å². The third-order valence-corrected chi connectivity index (χ3v) is 4.69. The summed E-state index contributed by atoms with van der Waals surface area (Å²) in [6.45, 7) is 0. The van der Waals surface area contributed by atoms with Crippen LogP contribution in [0.5, 0.6) is 0 Å². The van der Waals surface area contributed by atoms with Crippen molar-refractivity contribution in [2.75, 3.05) is 7.05 Å². The highest BCUT2D eigenvalue weighted by Gasteiger charge is 2.45. The quantitative estimate of drug-likeness (QED) is 0.475. The van der Waals surface area contributed by atoms with Crippen molar-refractivity contribution in [1.82, 2.24) is 0 Å². The van der Waals surface area contributed by atoms with Gasteiger partial charge in [0, 0.05) is 18.4 Å². The molecule has 8 nitrogen and oxygen atoms in total. The van der Waals surface area contributed by atoms with Crippen molar-refractivity contribution in [2.45, 2.75) is 43.4 Å². The average molecular weight is 388 g/mol. The summed E-state index contributed by atoms with van der Waals surface area (Å²) in [4.78, 5) is 31.6. The summed E-state index contributed by atoms with van der Waals surface area (Å²) in [6.07, 6.45) is -1.02. The standard InChI is InChI=1S/C13H16ClNO.C4H6O6/c1-15-13(9-5-4-8-12(13)16)10-6-2-3-7-11(10)14;5-1(3(7)8)2(6)4(9)10/h2-3,6-7,15H,4-5,8-9H2,1H3;1-2,5-6H,(H,7,8)(H,9,10)/t13-;1-,2-/m01/s1. The summed E-state index contributed by atoms with van der Waals surface area (Å²) in [5, 5.41) is 36.9. The zero-order valence-corrected chi connectivity index (χ0v) is 15.0. The van der Waals surface area contributed by atoms with Crippen LogP contribution in [-0.4, -0.2) is 52.3 Å². The fourth-order valence-electron chi connectivity index (χ4n) is 2.88. The van der Waals surface area contributed by atoms with Gasteiger partial charge in [0.25, 0.3) is 0 Å². The lowest BCUT2D eigenvalue weighted by Crippen LogP contribution is -2.94. The molecule has 2 rings (SSSR count). The number of benzene rings is 1. The number of halogens is 1. The van der Waals surface area contributed by atoms with Gasteiger partial charge in [-0.25, -0.2) is 4.79 Å². The number of nitrogens with two attached hydrogens (primary N) is 1. The Morgan fingerprint density at radius 3 is 2.27 bits per heavy atom. The minimum absolute atomic E-state index is 0.314. The SMILES string of the molecule is C[NH2+][C@]1(c2ccccc2Cl)CCCCC1=O.O=C([O-])[C@H](O)[C@@H](O)C(=O)O. The summed E-state index contributed by atoms with van der Waals surface area (Å²) >= 11 is 6.22. The summed E-state index contributed by atoms with van der Waals surface area (Å²) in [7, 11) is 1.96. The third-order valence-electron chi connectivity index (χ3n) is 4.36. The molecule has 0 aliphatic heterocycles. The number of likely N-dealkylation sites (N-methyl/N-ethyl adjacent to an activating group) is 1. The van der Waals surface area contributed by atoms with Gasteiger partial charge in [0.2, 0.25) is 0 Å². The first-order valence-corrected chi connectivity index (χ1v) is 8.43. The lowest BCUT2D eigenvalue weighted by atomic mass is 9.75. The molecule has 1 saturated carbocycles. The molecule has 1 fully saturated rings. The van der Waals surface area contributed by atoms with Crippen LogP contribution in [0.4, 0.5) is 0 Å². The van der Waals surface area contributed by atoms with Gasteiger partial charge in [-0.2, -0.15) is 0 Å². The van der Waals surface area contributed by atoms with Crippen molar-refractivity contribution in [3.63, 3.8) is 0 Å². The van der Waals surface area contributed by atoms with Crippen molar-refractivity contribution < 1.29 is 40.1 Å². The molecule has 0 saturated heterocycles. The van der Waals surface area contributed by atoms with E-state index in [-0.39, 0.29) is 0 Å². The number of hydrogen-bond donors (Lipinski definition) is 4. The molecule has 3 atom stereocenters. The normalized spacial score (nSPS) is 21.9. The number of aliphatic carboxylic acids is 2. The minimum atomic E-state index is -2.38. The topological polar surface area (TPSA) is 152 Å². The molecule has 1 aliphatic carbocycles. The van der Waals surface area contributed by atoms with Crippen LogP contribution in [-0.2, 0) is 19.9 Å². The summed E-state index contributed by atoms with van der Waals surface area (Å²) in [5.41, 5.74) is 0.542. The highest BCUT2D eigenvalue weighted by Crippen LogP contribution is 2.34. The van der Waals surface area contributed by atoms with E-state index in [1.807, 2.05) is 36.6 Å². The van der Waals surface area contributed by atoms with Crippen molar-refractivity contribution in [1.29, 1.82) is 0 Å². The number of aliphatic hydroxyl groups excluding tert-OH is 2. The van der Waals surface area contributed by atoms with Crippen LogP contribution in [0.15, 0.2) is 24.3 Å². The van der Waals surface area contributed by atoms with Gasteiger partial charge < -0.3 is 30.5 Å². The highest BCUT2D eigenvalue weighted by atomic mass is 35.5. The maximum atomic E-state index is 12.2. The van der Waals surface area contributed by atoms with E-state index in [2.05, 4.69) is 0 Å². The van der Waals surface area contributed by atoms with Gasteiger partial charge in [-0.1, -0.05) is 29.8 Å². The van der Waals surface area contributed by atoms with Crippen LogP contribution >= 0.6 is 11.6 Å². The zero-order chi connectivity index (χ0) is 19.9. The Morgan fingerprint density at radius 2 is 1.85 bits per heavy atom. The molecule has 1 aliphatic rings. The predicted octanol–water partition coefficient (Wildman–Crippen LogP) is -1.59. The fourth-order valence-corrected chi connectivity index (χ4v) is 3.19. The Bertz CT molecular complexity index is 648. The first kappa shape index (κ1) is 22.0. The molecule has 0 spiro atoms. The molecule has 26 heavy (non-hydrogen) atoms. The van der Waals surface area contributed by atoms with Crippen LogP contribution in [0.3, 0.4) is 0 Å². The Kier molecular flexibility index (Phi) is 8.16. The van der Waals surface area contributed by atoms with E-state index in [0.29, 0.717) is 17.2 Å². The van der Waals surface area contributed by atoms with Gasteiger partial charge in [-0.15, -0.1) is 0 Å². The second-order valence-electron chi connectivity index (χ2n) is 5.92. The first-order valence-electron chi connectivity index (χ1n) is 8.06. The third kappa shape index (κ3) is 5.01. The maximum absolute atomic E-state index is 12.2. The number of hydrogen-bond acceptors (Lipinski definition) is 6. The lowest BCUT2D eigenvalue weighted by molar-refractivity contribution is -0.698. The fraction of sp³-hybridized carbons (Fsp3) is 0.471. The molecular weight excluding hydrogens is 366 g/mol. The summed E-state index contributed by atoms with van der Waals surface area (Å²) < 4.78 is 0. The molecule has 0 aromatic heterocycles. The second-order valence-corrected chi connectivity index (χ2v) is 6.32. The van der Waals surface area contributed by atoms with Gasteiger partial charge in [0.1, 0.15) is 6.10 Å².